The summed E-state index contributed by atoms with van der Waals surface area (Å²) >= 11 is 1.40. The zero-order chi connectivity index (χ0) is 19.4. The zero-order valence-corrected chi connectivity index (χ0v) is 17.2. The van der Waals surface area contributed by atoms with E-state index in [0.29, 0.717) is 11.4 Å². The lowest BCUT2D eigenvalue weighted by molar-refractivity contribution is 0.0956. The monoisotopic (exact) mass is 382 g/mol. The van der Waals surface area contributed by atoms with Gasteiger partial charge in [-0.3, -0.25) is 4.79 Å². The molecule has 3 rings (SSSR count). The van der Waals surface area contributed by atoms with Crippen molar-refractivity contribution in [3.8, 4) is 5.13 Å². The predicted molar refractivity (Wildman–Crippen MR) is 110 cm³/mol. The van der Waals surface area contributed by atoms with Gasteiger partial charge in [0.2, 0.25) is 5.13 Å². The summed E-state index contributed by atoms with van der Waals surface area (Å²) in [5.74, 6) is -0.0456. The van der Waals surface area contributed by atoms with E-state index in [2.05, 4.69) is 48.4 Å². The Balaban J connectivity index is 1.86. The van der Waals surface area contributed by atoms with Gasteiger partial charge in [-0.05, 0) is 32.8 Å². The second kappa shape index (κ2) is 8.48. The minimum atomic E-state index is -0.0456. The van der Waals surface area contributed by atoms with Gasteiger partial charge in [0, 0.05) is 24.2 Å². The van der Waals surface area contributed by atoms with Crippen LogP contribution in [0.15, 0.2) is 30.3 Å². The number of unbranched alkanes of at least 4 members (excludes halogenated alkanes) is 1. The van der Waals surface area contributed by atoms with E-state index in [4.69, 9.17) is 5.10 Å². The molecule has 0 bridgehead atoms. The molecule has 0 aliphatic rings. The van der Waals surface area contributed by atoms with Gasteiger partial charge in [-0.25, -0.2) is 9.67 Å². The number of amides is 1. The largest absolute Gasteiger partial charge is 0.351 e. The van der Waals surface area contributed by atoms with Crippen molar-refractivity contribution in [1.29, 1.82) is 0 Å². The Bertz CT molecular complexity index is 927. The summed E-state index contributed by atoms with van der Waals surface area (Å²) in [5.41, 5.74) is 5.29. The van der Waals surface area contributed by atoms with Crippen LogP contribution in [0, 0.1) is 20.8 Å². The number of rotatable bonds is 7. The van der Waals surface area contributed by atoms with E-state index in [1.165, 1.54) is 22.5 Å². The van der Waals surface area contributed by atoms with E-state index in [-0.39, 0.29) is 5.91 Å². The first kappa shape index (κ1) is 19.3. The number of thiazole rings is 1. The fourth-order valence-electron chi connectivity index (χ4n) is 3.06. The minimum absolute atomic E-state index is 0.0456. The summed E-state index contributed by atoms with van der Waals surface area (Å²) in [7, 11) is 0. The van der Waals surface area contributed by atoms with Crippen molar-refractivity contribution in [2.45, 2.75) is 47.0 Å². The van der Waals surface area contributed by atoms with E-state index in [1.807, 2.05) is 24.6 Å². The molecule has 6 heteroatoms. The smallest absolute Gasteiger partial charge is 0.263 e. The first-order chi connectivity index (χ1) is 13.0. The van der Waals surface area contributed by atoms with Gasteiger partial charge >= 0.3 is 0 Å². The second-order valence-electron chi connectivity index (χ2n) is 6.74. The Labute approximate surface area is 164 Å². The van der Waals surface area contributed by atoms with Crippen molar-refractivity contribution in [2.24, 2.45) is 0 Å². The van der Waals surface area contributed by atoms with E-state index < -0.39 is 0 Å². The number of hydrogen-bond acceptors (Lipinski definition) is 4. The number of carbonyl (C=O) groups is 1. The van der Waals surface area contributed by atoms with Crippen molar-refractivity contribution >= 4 is 17.2 Å². The number of aromatic nitrogens is 3. The second-order valence-corrected chi connectivity index (χ2v) is 7.72. The average molecular weight is 383 g/mol. The van der Waals surface area contributed by atoms with E-state index in [0.717, 1.165) is 41.5 Å². The molecule has 1 aromatic carbocycles. The van der Waals surface area contributed by atoms with Crippen molar-refractivity contribution in [1.82, 2.24) is 20.1 Å². The van der Waals surface area contributed by atoms with Gasteiger partial charge in [-0.1, -0.05) is 55.0 Å². The number of nitrogens with zero attached hydrogens (tertiary/aromatic N) is 3. The SMILES string of the molecule is CCCCNC(=O)c1sc(-n2nc(C)c(Cc3ccccc3)c2C)nc1C. The lowest BCUT2D eigenvalue weighted by Crippen LogP contribution is -2.24. The molecule has 0 saturated carbocycles. The quantitative estimate of drug-likeness (QED) is 0.617. The molecular weight excluding hydrogens is 356 g/mol. The fraction of sp³-hybridized carbons (Fsp3) is 0.381. The topological polar surface area (TPSA) is 59.8 Å². The molecule has 142 valence electrons. The van der Waals surface area contributed by atoms with Gasteiger partial charge in [0.15, 0.2) is 0 Å². The maximum Gasteiger partial charge on any atom is 0.263 e. The van der Waals surface area contributed by atoms with Gasteiger partial charge in [0.05, 0.1) is 11.4 Å². The van der Waals surface area contributed by atoms with Crippen LogP contribution in [0.4, 0.5) is 0 Å². The first-order valence-electron chi connectivity index (χ1n) is 9.36. The molecule has 5 nitrogen and oxygen atoms in total. The van der Waals surface area contributed by atoms with Gasteiger partial charge in [-0.15, -0.1) is 0 Å². The van der Waals surface area contributed by atoms with E-state index in [1.54, 1.807) is 0 Å². The number of nitrogens with one attached hydrogen (secondary N) is 1. The molecule has 2 aromatic heterocycles. The zero-order valence-electron chi connectivity index (χ0n) is 16.4. The molecular formula is C21H26N4OS. The van der Waals surface area contributed by atoms with Crippen LogP contribution in [0.1, 0.15) is 57.6 Å². The summed E-state index contributed by atoms with van der Waals surface area (Å²) in [5, 5.41) is 8.41. The fourth-order valence-corrected chi connectivity index (χ4v) is 4.05. The van der Waals surface area contributed by atoms with Crippen molar-refractivity contribution < 1.29 is 4.79 Å². The Kier molecular flexibility index (Phi) is 6.06. The molecule has 0 spiro atoms. The van der Waals surface area contributed by atoms with Crippen LogP contribution in [0.25, 0.3) is 5.13 Å². The minimum Gasteiger partial charge on any atom is -0.351 e. The Morgan fingerprint density at radius 3 is 2.59 bits per heavy atom. The summed E-state index contributed by atoms with van der Waals surface area (Å²) < 4.78 is 1.87. The van der Waals surface area contributed by atoms with Crippen LogP contribution < -0.4 is 5.32 Å². The molecule has 0 unspecified atom stereocenters. The van der Waals surface area contributed by atoms with Crippen LogP contribution in [0.5, 0.6) is 0 Å². The van der Waals surface area contributed by atoms with E-state index >= 15 is 0 Å². The molecule has 0 saturated heterocycles. The highest BCUT2D eigenvalue weighted by molar-refractivity contribution is 7.16. The third-order valence-corrected chi connectivity index (χ3v) is 5.79. The number of hydrogen-bond donors (Lipinski definition) is 1. The lowest BCUT2D eigenvalue weighted by Gasteiger charge is -2.03. The van der Waals surface area contributed by atoms with Crippen LogP contribution in [-0.2, 0) is 6.42 Å². The third kappa shape index (κ3) is 4.27. The van der Waals surface area contributed by atoms with Gasteiger partial charge < -0.3 is 5.32 Å². The van der Waals surface area contributed by atoms with Crippen LogP contribution in [-0.4, -0.2) is 27.2 Å². The first-order valence-corrected chi connectivity index (χ1v) is 10.2. The molecule has 0 aliphatic heterocycles. The van der Waals surface area contributed by atoms with Gasteiger partial charge in [0.25, 0.3) is 5.91 Å². The lowest BCUT2D eigenvalue weighted by atomic mass is 10.0. The number of aryl methyl sites for hydroxylation is 2. The molecule has 1 N–H and O–H groups in total. The normalized spacial score (nSPS) is 11.0. The maximum atomic E-state index is 12.4. The van der Waals surface area contributed by atoms with Crippen LogP contribution in [0.2, 0.25) is 0 Å². The van der Waals surface area contributed by atoms with Crippen molar-refractivity contribution in [3.05, 3.63) is 63.4 Å². The Morgan fingerprint density at radius 1 is 1.15 bits per heavy atom. The maximum absolute atomic E-state index is 12.4. The summed E-state index contributed by atoms with van der Waals surface area (Å²) in [6.07, 6.45) is 2.88. The number of carbonyl (C=O) groups excluding carboxylic acids is 1. The Morgan fingerprint density at radius 2 is 1.89 bits per heavy atom. The Hall–Kier alpha value is -2.47. The highest BCUT2D eigenvalue weighted by atomic mass is 32.1. The van der Waals surface area contributed by atoms with Crippen LogP contribution in [0.3, 0.4) is 0 Å². The summed E-state index contributed by atoms with van der Waals surface area (Å²) in [6.45, 7) is 8.78. The van der Waals surface area contributed by atoms with Crippen LogP contribution >= 0.6 is 11.3 Å². The molecule has 0 atom stereocenters. The highest BCUT2D eigenvalue weighted by Crippen LogP contribution is 2.26. The molecule has 0 radical (unpaired) electrons. The molecule has 2 heterocycles. The summed E-state index contributed by atoms with van der Waals surface area (Å²) in [4.78, 5) is 17.7. The molecule has 0 fully saturated rings. The molecule has 1 amide bonds. The third-order valence-electron chi connectivity index (χ3n) is 4.65. The van der Waals surface area contributed by atoms with Crippen molar-refractivity contribution in [3.63, 3.8) is 0 Å². The molecule has 27 heavy (non-hydrogen) atoms. The van der Waals surface area contributed by atoms with E-state index in [9.17, 15) is 4.79 Å². The standard InChI is InChI=1S/C21H26N4OS/c1-5-6-12-22-20(26)19-15(3)23-21(27-19)25-16(4)18(14(2)24-25)13-17-10-8-7-9-11-17/h7-11H,5-6,12-13H2,1-4H3,(H,22,26). The predicted octanol–water partition coefficient (Wildman–Crippen LogP) is 4.37. The average Bonchev–Trinajstić information content (AvgIpc) is 3.17. The van der Waals surface area contributed by atoms with Gasteiger partial charge in [-0.2, -0.15) is 5.10 Å². The summed E-state index contributed by atoms with van der Waals surface area (Å²) in [6, 6.07) is 10.4. The van der Waals surface area contributed by atoms with Gasteiger partial charge in [0.1, 0.15) is 4.88 Å². The van der Waals surface area contributed by atoms with Crippen molar-refractivity contribution in [2.75, 3.05) is 6.54 Å². The molecule has 3 aromatic rings. The highest BCUT2D eigenvalue weighted by Gasteiger charge is 2.20. The molecule has 0 aliphatic carbocycles. The number of benzene rings is 1.